The van der Waals surface area contributed by atoms with Gasteiger partial charge in [0, 0.05) is 20.2 Å². The molecule has 0 saturated carbocycles. The molecule has 0 N–H and O–H groups in total. The molecular formula is C16H18N2O2. The van der Waals surface area contributed by atoms with Crippen LogP contribution in [0.3, 0.4) is 0 Å². The molecule has 0 spiro atoms. The van der Waals surface area contributed by atoms with E-state index in [1.807, 2.05) is 17.0 Å². The van der Waals surface area contributed by atoms with E-state index in [2.05, 4.69) is 12.1 Å². The molecule has 1 amide bonds. The molecule has 2 rings (SSSR count). The lowest BCUT2D eigenvalue weighted by molar-refractivity contribution is -0.130. The minimum absolute atomic E-state index is 0.127. The maximum absolute atomic E-state index is 12.2. The second kappa shape index (κ2) is 6.88. The lowest BCUT2D eigenvalue weighted by Gasteiger charge is -2.26. The van der Waals surface area contributed by atoms with E-state index in [0.29, 0.717) is 25.1 Å². The van der Waals surface area contributed by atoms with Gasteiger partial charge in [-0.3, -0.25) is 4.79 Å². The van der Waals surface area contributed by atoms with Gasteiger partial charge >= 0.3 is 0 Å². The molecule has 1 aromatic carbocycles. The number of nitrogens with zero attached hydrogens (tertiary/aromatic N) is 2. The van der Waals surface area contributed by atoms with Crippen molar-refractivity contribution in [3.8, 4) is 6.07 Å². The van der Waals surface area contributed by atoms with Crippen LogP contribution in [-0.2, 0) is 16.0 Å². The van der Waals surface area contributed by atoms with Crippen molar-refractivity contribution in [2.24, 2.45) is 0 Å². The summed E-state index contributed by atoms with van der Waals surface area (Å²) in [5.41, 5.74) is 2.82. The monoisotopic (exact) mass is 270 g/mol. The molecule has 1 heterocycles. The summed E-state index contributed by atoms with van der Waals surface area (Å²) in [4.78, 5) is 14.0. The van der Waals surface area contributed by atoms with Gasteiger partial charge in [-0.15, -0.1) is 0 Å². The van der Waals surface area contributed by atoms with Crippen LogP contribution in [0.1, 0.15) is 17.5 Å². The molecule has 0 aliphatic carbocycles. The molecule has 0 unspecified atom stereocenters. The van der Waals surface area contributed by atoms with Crippen LogP contribution in [0.15, 0.2) is 35.9 Å². The van der Waals surface area contributed by atoms with Crippen molar-refractivity contribution in [3.63, 3.8) is 0 Å². The zero-order valence-corrected chi connectivity index (χ0v) is 11.6. The summed E-state index contributed by atoms with van der Waals surface area (Å²) in [6.45, 7) is 2.07. The number of amides is 1. The standard InChI is InChI=1S/C16H18N2O2/c1-20-12-15-6-8-18(9-7-15)16(19)10-13-2-4-14(11-17)5-3-13/h2-6H,7-10,12H2,1H3. The molecule has 1 aliphatic rings. The van der Waals surface area contributed by atoms with Gasteiger partial charge in [0.2, 0.25) is 5.91 Å². The Balaban J connectivity index is 1.91. The van der Waals surface area contributed by atoms with Gasteiger partial charge in [0.15, 0.2) is 0 Å². The minimum atomic E-state index is 0.127. The van der Waals surface area contributed by atoms with E-state index in [4.69, 9.17) is 10.00 Å². The third-order valence-electron chi connectivity index (χ3n) is 3.42. The van der Waals surface area contributed by atoms with Crippen molar-refractivity contribution in [2.75, 3.05) is 26.8 Å². The largest absolute Gasteiger partial charge is 0.380 e. The lowest BCUT2D eigenvalue weighted by atomic mass is 10.1. The summed E-state index contributed by atoms with van der Waals surface area (Å²) in [5.74, 6) is 0.127. The topological polar surface area (TPSA) is 53.3 Å². The molecular weight excluding hydrogens is 252 g/mol. The Hall–Kier alpha value is -2.12. The van der Waals surface area contributed by atoms with Crippen LogP contribution in [0.25, 0.3) is 0 Å². The van der Waals surface area contributed by atoms with Gasteiger partial charge in [-0.1, -0.05) is 18.2 Å². The number of carbonyl (C=O) groups excluding carboxylic acids is 1. The molecule has 1 aromatic rings. The maximum Gasteiger partial charge on any atom is 0.227 e. The Bertz CT molecular complexity index is 541. The fraction of sp³-hybridized carbons (Fsp3) is 0.375. The molecule has 0 saturated heterocycles. The van der Waals surface area contributed by atoms with E-state index < -0.39 is 0 Å². The van der Waals surface area contributed by atoms with E-state index in [1.54, 1.807) is 19.2 Å². The Morgan fingerprint density at radius 3 is 2.70 bits per heavy atom. The average molecular weight is 270 g/mol. The zero-order chi connectivity index (χ0) is 14.4. The van der Waals surface area contributed by atoms with Crippen molar-refractivity contribution in [3.05, 3.63) is 47.0 Å². The van der Waals surface area contributed by atoms with Crippen molar-refractivity contribution >= 4 is 5.91 Å². The molecule has 0 bridgehead atoms. The fourth-order valence-corrected chi connectivity index (χ4v) is 2.24. The third kappa shape index (κ3) is 3.69. The van der Waals surface area contributed by atoms with Gasteiger partial charge in [0.05, 0.1) is 24.7 Å². The maximum atomic E-state index is 12.2. The average Bonchev–Trinajstić information content (AvgIpc) is 2.49. The second-order valence-corrected chi connectivity index (χ2v) is 4.87. The Kier molecular flexibility index (Phi) is 4.91. The number of methoxy groups -OCH3 is 1. The molecule has 0 fully saturated rings. The van der Waals surface area contributed by atoms with Crippen LogP contribution in [-0.4, -0.2) is 37.6 Å². The number of benzene rings is 1. The molecule has 0 radical (unpaired) electrons. The van der Waals surface area contributed by atoms with E-state index in [9.17, 15) is 4.79 Å². The normalized spacial score (nSPS) is 14.6. The van der Waals surface area contributed by atoms with Gasteiger partial charge < -0.3 is 9.64 Å². The van der Waals surface area contributed by atoms with Crippen molar-refractivity contribution < 1.29 is 9.53 Å². The van der Waals surface area contributed by atoms with Crippen LogP contribution < -0.4 is 0 Å². The fourth-order valence-electron chi connectivity index (χ4n) is 2.24. The van der Waals surface area contributed by atoms with Crippen molar-refractivity contribution in [1.82, 2.24) is 4.90 Å². The van der Waals surface area contributed by atoms with Crippen LogP contribution in [0.2, 0.25) is 0 Å². The molecule has 4 heteroatoms. The van der Waals surface area contributed by atoms with Crippen molar-refractivity contribution in [2.45, 2.75) is 12.8 Å². The molecule has 0 atom stereocenters. The summed E-state index contributed by atoms with van der Waals surface area (Å²) in [6.07, 6.45) is 3.34. The molecule has 4 nitrogen and oxygen atoms in total. The SMILES string of the molecule is COCC1=CCN(C(=O)Cc2ccc(C#N)cc2)CC1. The summed E-state index contributed by atoms with van der Waals surface area (Å²) >= 11 is 0. The number of hydrogen-bond acceptors (Lipinski definition) is 3. The highest BCUT2D eigenvalue weighted by molar-refractivity contribution is 5.79. The summed E-state index contributed by atoms with van der Waals surface area (Å²) in [6, 6.07) is 9.24. The number of rotatable bonds is 4. The highest BCUT2D eigenvalue weighted by atomic mass is 16.5. The summed E-state index contributed by atoms with van der Waals surface area (Å²) in [5, 5.41) is 8.74. The van der Waals surface area contributed by atoms with Crippen LogP contribution in [0.5, 0.6) is 0 Å². The van der Waals surface area contributed by atoms with Gasteiger partial charge in [0.1, 0.15) is 0 Å². The predicted octanol–water partition coefficient (Wildman–Crippen LogP) is 1.91. The van der Waals surface area contributed by atoms with E-state index in [-0.39, 0.29) is 5.91 Å². The van der Waals surface area contributed by atoms with Gasteiger partial charge in [-0.2, -0.15) is 5.26 Å². The highest BCUT2D eigenvalue weighted by Gasteiger charge is 2.17. The number of nitriles is 1. The second-order valence-electron chi connectivity index (χ2n) is 4.87. The zero-order valence-electron chi connectivity index (χ0n) is 11.6. The number of ether oxygens (including phenoxy) is 1. The first kappa shape index (κ1) is 14.3. The smallest absolute Gasteiger partial charge is 0.227 e. The highest BCUT2D eigenvalue weighted by Crippen LogP contribution is 2.13. The number of hydrogen-bond donors (Lipinski definition) is 0. The van der Waals surface area contributed by atoms with Gasteiger partial charge in [-0.05, 0) is 29.7 Å². The summed E-state index contributed by atoms with van der Waals surface area (Å²) < 4.78 is 5.10. The van der Waals surface area contributed by atoms with Crippen LogP contribution in [0.4, 0.5) is 0 Å². The van der Waals surface area contributed by atoms with Gasteiger partial charge in [-0.25, -0.2) is 0 Å². The first-order chi connectivity index (χ1) is 9.72. The Morgan fingerprint density at radius 1 is 1.40 bits per heavy atom. The number of carbonyl (C=O) groups is 1. The lowest BCUT2D eigenvalue weighted by Crippen LogP contribution is -2.36. The molecule has 104 valence electrons. The molecule has 20 heavy (non-hydrogen) atoms. The molecule has 1 aliphatic heterocycles. The van der Waals surface area contributed by atoms with Crippen LogP contribution in [0, 0.1) is 11.3 Å². The van der Waals surface area contributed by atoms with Crippen molar-refractivity contribution in [1.29, 1.82) is 5.26 Å². The van der Waals surface area contributed by atoms with Gasteiger partial charge in [0.25, 0.3) is 0 Å². The molecule has 0 aromatic heterocycles. The summed E-state index contributed by atoms with van der Waals surface area (Å²) in [7, 11) is 1.68. The van der Waals surface area contributed by atoms with E-state index in [1.165, 1.54) is 5.57 Å². The Morgan fingerprint density at radius 2 is 2.15 bits per heavy atom. The third-order valence-corrected chi connectivity index (χ3v) is 3.42. The van der Waals surface area contributed by atoms with E-state index in [0.717, 1.165) is 18.5 Å². The van der Waals surface area contributed by atoms with Crippen LogP contribution >= 0.6 is 0 Å². The minimum Gasteiger partial charge on any atom is -0.380 e. The Labute approximate surface area is 119 Å². The first-order valence-corrected chi connectivity index (χ1v) is 6.66. The first-order valence-electron chi connectivity index (χ1n) is 6.66. The van der Waals surface area contributed by atoms with E-state index >= 15 is 0 Å². The predicted molar refractivity (Wildman–Crippen MR) is 76.0 cm³/mol. The quantitative estimate of drug-likeness (QED) is 0.785.